The number of aromatic nitrogens is 1. The Hall–Kier alpha value is -0.980. The highest BCUT2D eigenvalue weighted by molar-refractivity contribution is 7.09. The van der Waals surface area contributed by atoms with Gasteiger partial charge in [0.25, 0.3) is 0 Å². The molecule has 19 heavy (non-hydrogen) atoms. The van der Waals surface area contributed by atoms with Crippen molar-refractivity contribution in [2.45, 2.75) is 25.8 Å². The molecule has 1 aliphatic rings. The first-order valence-corrected chi connectivity index (χ1v) is 7.70. The minimum Gasteiger partial charge on any atom is -0.355 e. The number of hydrogen-bond acceptors (Lipinski definition) is 5. The number of carbonyl (C=O) groups excluding carboxylic acids is 1. The van der Waals surface area contributed by atoms with E-state index in [9.17, 15) is 4.79 Å². The van der Waals surface area contributed by atoms with Crippen LogP contribution in [0.3, 0.4) is 0 Å². The number of likely N-dealkylation sites (tertiary alicyclic amines) is 1. The molecule has 0 spiro atoms. The van der Waals surface area contributed by atoms with Crippen LogP contribution in [0.2, 0.25) is 0 Å². The van der Waals surface area contributed by atoms with Crippen molar-refractivity contribution >= 4 is 17.2 Å². The molecule has 2 rings (SSSR count). The number of thiazole rings is 1. The molecule has 0 radical (unpaired) electrons. The van der Waals surface area contributed by atoms with Crippen LogP contribution in [-0.4, -0.2) is 42.0 Å². The van der Waals surface area contributed by atoms with E-state index in [1.807, 2.05) is 11.7 Å². The lowest BCUT2D eigenvalue weighted by atomic mass is 9.96. The Balaban J connectivity index is 1.91. The Morgan fingerprint density at radius 1 is 1.74 bits per heavy atom. The van der Waals surface area contributed by atoms with Crippen molar-refractivity contribution in [1.29, 1.82) is 0 Å². The maximum atomic E-state index is 12.0. The zero-order valence-corrected chi connectivity index (χ0v) is 12.2. The minimum absolute atomic E-state index is 0.0932. The Labute approximate surface area is 118 Å². The van der Waals surface area contributed by atoms with Gasteiger partial charge in [0.2, 0.25) is 5.91 Å². The summed E-state index contributed by atoms with van der Waals surface area (Å²) >= 11 is 1.68. The SMILES string of the molecule is CC(c1cncs1)N1CCCC(C(=O)NCCN)C1. The number of carbonyl (C=O) groups is 1. The fourth-order valence-corrected chi connectivity index (χ4v) is 3.23. The highest BCUT2D eigenvalue weighted by Crippen LogP contribution is 2.28. The second-order valence-electron chi connectivity index (χ2n) is 4.99. The predicted octanol–water partition coefficient (Wildman–Crippen LogP) is 0.991. The molecule has 1 aromatic rings. The van der Waals surface area contributed by atoms with E-state index in [0.29, 0.717) is 19.1 Å². The van der Waals surface area contributed by atoms with Gasteiger partial charge in [-0.1, -0.05) is 0 Å². The van der Waals surface area contributed by atoms with Crippen molar-refractivity contribution in [3.63, 3.8) is 0 Å². The summed E-state index contributed by atoms with van der Waals surface area (Å²) in [6.07, 6.45) is 3.97. The third-order valence-electron chi connectivity index (χ3n) is 3.68. The summed E-state index contributed by atoms with van der Waals surface area (Å²) in [4.78, 5) is 19.8. The van der Waals surface area contributed by atoms with E-state index in [0.717, 1.165) is 25.9 Å². The van der Waals surface area contributed by atoms with E-state index in [2.05, 4.69) is 22.1 Å². The number of nitrogens with one attached hydrogen (secondary N) is 1. The Kier molecular flexibility index (Phi) is 5.30. The Bertz CT molecular complexity index is 395. The first-order valence-electron chi connectivity index (χ1n) is 6.82. The molecular formula is C13H22N4OS. The van der Waals surface area contributed by atoms with Gasteiger partial charge in [-0.2, -0.15) is 0 Å². The van der Waals surface area contributed by atoms with Gasteiger partial charge in [-0.05, 0) is 26.3 Å². The molecule has 5 nitrogen and oxygen atoms in total. The number of rotatable bonds is 5. The normalized spacial score (nSPS) is 22.1. The van der Waals surface area contributed by atoms with Crippen molar-refractivity contribution in [1.82, 2.24) is 15.2 Å². The van der Waals surface area contributed by atoms with E-state index in [1.165, 1.54) is 4.88 Å². The summed E-state index contributed by atoms with van der Waals surface area (Å²) in [5.41, 5.74) is 7.28. The molecule has 0 saturated carbocycles. The van der Waals surface area contributed by atoms with Gasteiger partial charge in [0, 0.05) is 36.8 Å². The van der Waals surface area contributed by atoms with Crippen LogP contribution in [0.15, 0.2) is 11.7 Å². The molecule has 1 saturated heterocycles. The quantitative estimate of drug-likeness (QED) is 0.845. The second kappa shape index (κ2) is 6.98. The molecule has 6 heteroatoms. The molecule has 106 valence electrons. The van der Waals surface area contributed by atoms with Gasteiger partial charge in [0.05, 0.1) is 11.4 Å². The number of piperidine rings is 1. The predicted molar refractivity (Wildman–Crippen MR) is 76.9 cm³/mol. The maximum absolute atomic E-state index is 12.0. The molecule has 2 atom stereocenters. The van der Waals surface area contributed by atoms with Gasteiger partial charge in [-0.3, -0.25) is 14.7 Å². The standard InChI is InChI=1S/C13H22N4OS/c1-10(12-7-15-9-19-12)17-6-2-3-11(8-17)13(18)16-5-4-14/h7,9-11H,2-6,8,14H2,1H3,(H,16,18). The molecule has 3 N–H and O–H groups in total. The van der Waals surface area contributed by atoms with Crippen LogP contribution in [0.4, 0.5) is 0 Å². The number of nitrogens with zero attached hydrogens (tertiary/aromatic N) is 2. The zero-order chi connectivity index (χ0) is 13.7. The van der Waals surface area contributed by atoms with E-state index >= 15 is 0 Å². The topological polar surface area (TPSA) is 71.2 Å². The summed E-state index contributed by atoms with van der Waals surface area (Å²) < 4.78 is 0. The number of nitrogens with two attached hydrogens (primary N) is 1. The lowest BCUT2D eigenvalue weighted by Crippen LogP contribution is -2.44. The average molecular weight is 282 g/mol. The molecule has 1 amide bonds. The molecule has 2 heterocycles. The van der Waals surface area contributed by atoms with Gasteiger partial charge in [-0.15, -0.1) is 11.3 Å². The molecule has 1 aliphatic heterocycles. The number of hydrogen-bond donors (Lipinski definition) is 2. The lowest BCUT2D eigenvalue weighted by molar-refractivity contribution is -0.126. The van der Waals surface area contributed by atoms with Crippen molar-refractivity contribution in [2.75, 3.05) is 26.2 Å². The summed E-state index contributed by atoms with van der Waals surface area (Å²) in [5.74, 6) is 0.238. The average Bonchev–Trinajstić information content (AvgIpc) is 2.98. The first kappa shape index (κ1) is 14.4. The fraction of sp³-hybridized carbons (Fsp3) is 0.692. The van der Waals surface area contributed by atoms with Crippen LogP contribution < -0.4 is 11.1 Å². The summed E-state index contributed by atoms with van der Waals surface area (Å²) in [6, 6.07) is 0.345. The van der Waals surface area contributed by atoms with Gasteiger partial charge < -0.3 is 11.1 Å². The van der Waals surface area contributed by atoms with Crippen molar-refractivity contribution in [3.05, 3.63) is 16.6 Å². The fourth-order valence-electron chi connectivity index (χ4n) is 2.52. The first-order chi connectivity index (χ1) is 9.22. The van der Waals surface area contributed by atoms with E-state index in [1.54, 1.807) is 11.3 Å². The number of amides is 1. The molecule has 0 aromatic carbocycles. The monoisotopic (exact) mass is 282 g/mol. The smallest absolute Gasteiger partial charge is 0.224 e. The maximum Gasteiger partial charge on any atom is 0.224 e. The third-order valence-corrected chi connectivity index (χ3v) is 4.62. The highest BCUT2D eigenvalue weighted by Gasteiger charge is 2.28. The zero-order valence-electron chi connectivity index (χ0n) is 11.3. The van der Waals surface area contributed by atoms with Gasteiger partial charge in [-0.25, -0.2) is 0 Å². The Morgan fingerprint density at radius 3 is 3.26 bits per heavy atom. The van der Waals surface area contributed by atoms with E-state index < -0.39 is 0 Å². The van der Waals surface area contributed by atoms with Crippen molar-refractivity contribution in [2.24, 2.45) is 11.7 Å². The van der Waals surface area contributed by atoms with Gasteiger partial charge in [0.15, 0.2) is 0 Å². The summed E-state index contributed by atoms with van der Waals surface area (Å²) in [5, 5.41) is 2.90. The largest absolute Gasteiger partial charge is 0.355 e. The second-order valence-corrected chi connectivity index (χ2v) is 5.91. The van der Waals surface area contributed by atoms with Crippen LogP contribution in [0.5, 0.6) is 0 Å². The van der Waals surface area contributed by atoms with Crippen LogP contribution >= 0.6 is 11.3 Å². The third kappa shape index (κ3) is 3.75. The Morgan fingerprint density at radius 2 is 2.58 bits per heavy atom. The van der Waals surface area contributed by atoms with Crippen molar-refractivity contribution < 1.29 is 4.79 Å². The molecule has 1 fully saturated rings. The molecule has 0 bridgehead atoms. The molecular weight excluding hydrogens is 260 g/mol. The van der Waals surface area contributed by atoms with E-state index in [4.69, 9.17) is 5.73 Å². The minimum atomic E-state index is 0.0932. The summed E-state index contributed by atoms with van der Waals surface area (Å²) in [6.45, 7) is 5.14. The van der Waals surface area contributed by atoms with Crippen LogP contribution in [-0.2, 0) is 4.79 Å². The highest BCUT2D eigenvalue weighted by atomic mass is 32.1. The van der Waals surface area contributed by atoms with Gasteiger partial charge in [0.1, 0.15) is 0 Å². The van der Waals surface area contributed by atoms with E-state index in [-0.39, 0.29) is 11.8 Å². The molecule has 2 unspecified atom stereocenters. The van der Waals surface area contributed by atoms with Crippen LogP contribution in [0.1, 0.15) is 30.7 Å². The molecule has 0 aliphatic carbocycles. The van der Waals surface area contributed by atoms with Gasteiger partial charge >= 0.3 is 0 Å². The lowest BCUT2D eigenvalue weighted by Gasteiger charge is -2.35. The van der Waals surface area contributed by atoms with Crippen LogP contribution in [0, 0.1) is 5.92 Å². The molecule has 1 aromatic heterocycles. The summed E-state index contributed by atoms with van der Waals surface area (Å²) in [7, 11) is 0. The van der Waals surface area contributed by atoms with Crippen LogP contribution in [0.25, 0.3) is 0 Å². The van der Waals surface area contributed by atoms with Crippen molar-refractivity contribution in [3.8, 4) is 0 Å².